The van der Waals surface area contributed by atoms with E-state index < -0.39 is 11.2 Å². The number of likely N-dealkylation sites (tertiary alicyclic amines) is 1. The summed E-state index contributed by atoms with van der Waals surface area (Å²) in [7, 11) is 0. The molecule has 0 spiro atoms. The normalized spacial score (nSPS) is 29.2. The minimum atomic E-state index is -0.620. The van der Waals surface area contributed by atoms with Gasteiger partial charge in [-0.25, -0.2) is 4.79 Å². The summed E-state index contributed by atoms with van der Waals surface area (Å²) in [5, 5.41) is 10.8. The van der Waals surface area contributed by atoms with Gasteiger partial charge in [0.2, 0.25) is 0 Å². The minimum absolute atomic E-state index is 0.266. The highest BCUT2D eigenvalue weighted by atomic mass is 16.6. The fourth-order valence-corrected chi connectivity index (χ4v) is 3.57. The first-order valence-corrected chi connectivity index (χ1v) is 8.63. The molecule has 1 amide bonds. The maximum Gasteiger partial charge on any atom is 0.410 e. The summed E-state index contributed by atoms with van der Waals surface area (Å²) in [6.45, 7) is 6.78. The number of ether oxygens (including phenoxy) is 1. The van der Waals surface area contributed by atoms with Crippen LogP contribution in [-0.2, 0) is 4.74 Å². The quantitative estimate of drug-likeness (QED) is 0.822. The Labute approximate surface area is 134 Å². The van der Waals surface area contributed by atoms with E-state index in [-0.39, 0.29) is 6.09 Å². The average Bonchev–Trinajstić information content (AvgIpc) is 2.40. The van der Waals surface area contributed by atoms with E-state index in [1.54, 1.807) is 4.90 Å². The van der Waals surface area contributed by atoms with E-state index in [1.165, 1.54) is 0 Å². The third-order valence-corrected chi connectivity index (χ3v) is 4.91. The summed E-state index contributed by atoms with van der Waals surface area (Å²) in [6.07, 6.45) is 6.28. The lowest BCUT2D eigenvalue weighted by Gasteiger charge is -2.41. The van der Waals surface area contributed by atoms with E-state index >= 15 is 0 Å². The van der Waals surface area contributed by atoms with Gasteiger partial charge in [-0.2, -0.15) is 0 Å². The highest BCUT2D eigenvalue weighted by Crippen LogP contribution is 2.35. The molecule has 1 heterocycles. The molecule has 0 atom stereocenters. The van der Waals surface area contributed by atoms with Crippen LogP contribution in [0.15, 0.2) is 0 Å². The number of nitrogens with two attached hydrogens (primary N) is 1. The molecule has 1 saturated heterocycles. The molecule has 2 rings (SSSR count). The van der Waals surface area contributed by atoms with E-state index in [1.807, 2.05) is 20.8 Å². The Morgan fingerprint density at radius 3 is 2.27 bits per heavy atom. The molecular formula is C17H32N2O3. The summed E-state index contributed by atoms with van der Waals surface area (Å²) in [6, 6.07) is 0.347. The molecule has 5 nitrogen and oxygen atoms in total. The van der Waals surface area contributed by atoms with Crippen molar-refractivity contribution in [3.63, 3.8) is 0 Å². The topological polar surface area (TPSA) is 75.8 Å². The summed E-state index contributed by atoms with van der Waals surface area (Å²) >= 11 is 0. The molecule has 1 aliphatic heterocycles. The van der Waals surface area contributed by atoms with Crippen molar-refractivity contribution in [3.05, 3.63) is 0 Å². The summed E-state index contributed by atoms with van der Waals surface area (Å²) in [5.41, 5.74) is 4.86. The van der Waals surface area contributed by atoms with Crippen LogP contribution in [0.25, 0.3) is 0 Å². The van der Waals surface area contributed by atoms with Crippen molar-refractivity contribution < 1.29 is 14.6 Å². The van der Waals surface area contributed by atoms with Crippen LogP contribution in [0, 0.1) is 5.92 Å². The number of nitrogens with zero attached hydrogens (tertiary/aromatic N) is 1. The van der Waals surface area contributed by atoms with E-state index in [4.69, 9.17) is 10.5 Å². The fourth-order valence-electron chi connectivity index (χ4n) is 3.57. The summed E-state index contributed by atoms with van der Waals surface area (Å²) in [4.78, 5) is 13.8. The molecule has 1 saturated carbocycles. The van der Waals surface area contributed by atoms with Crippen molar-refractivity contribution in [2.75, 3.05) is 13.1 Å². The van der Waals surface area contributed by atoms with Crippen LogP contribution in [0.1, 0.15) is 65.7 Å². The van der Waals surface area contributed by atoms with Crippen molar-refractivity contribution >= 4 is 6.09 Å². The third kappa shape index (κ3) is 5.13. The number of amides is 1. The molecule has 128 valence electrons. The Kier molecular flexibility index (Phi) is 5.38. The van der Waals surface area contributed by atoms with Gasteiger partial charge >= 0.3 is 6.09 Å². The van der Waals surface area contributed by atoms with Gasteiger partial charge in [-0.3, -0.25) is 0 Å². The molecule has 0 aromatic heterocycles. The number of rotatable bonds is 2. The second-order valence-electron chi connectivity index (χ2n) is 8.18. The third-order valence-electron chi connectivity index (χ3n) is 4.91. The van der Waals surface area contributed by atoms with Crippen LogP contribution in [0.4, 0.5) is 4.79 Å². The predicted octanol–water partition coefficient (Wildman–Crippen LogP) is 2.66. The monoisotopic (exact) mass is 312 g/mol. The number of aliphatic hydroxyl groups is 1. The Hall–Kier alpha value is -0.810. The smallest absolute Gasteiger partial charge is 0.410 e. The van der Waals surface area contributed by atoms with Gasteiger partial charge in [-0.15, -0.1) is 0 Å². The first kappa shape index (κ1) is 17.5. The van der Waals surface area contributed by atoms with E-state index in [0.717, 1.165) is 32.1 Å². The average molecular weight is 312 g/mol. The van der Waals surface area contributed by atoms with Gasteiger partial charge in [0.15, 0.2) is 0 Å². The minimum Gasteiger partial charge on any atom is -0.444 e. The largest absolute Gasteiger partial charge is 0.444 e. The van der Waals surface area contributed by atoms with Gasteiger partial charge in [-0.1, -0.05) is 0 Å². The molecule has 1 aliphatic carbocycles. The van der Waals surface area contributed by atoms with Crippen LogP contribution in [0.5, 0.6) is 0 Å². The lowest BCUT2D eigenvalue weighted by molar-refractivity contribution is -0.0481. The number of carbonyl (C=O) groups is 1. The number of hydrogen-bond donors (Lipinski definition) is 2. The number of carbonyl (C=O) groups excluding carboxylic acids is 1. The number of hydrogen-bond acceptors (Lipinski definition) is 4. The first-order chi connectivity index (χ1) is 10.2. The Morgan fingerprint density at radius 1 is 1.23 bits per heavy atom. The molecular weight excluding hydrogens is 280 g/mol. The molecule has 0 radical (unpaired) electrons. The zero-order valence-electron chi connectivity index (χ0n) is 14.3. The highest BCUT2D eigenvalue weighted by molar-refractivity contribution is 5.68. The van der Waals surface area contributed by atoms with Crippen molar-refractivity contribution in [3.8, 4) is 0 Å². The van der Waals surface area contributed by atoms with Gasteiger partial charge < -0.3 is 20.5 Å². The molecule has 5 heteroatoms. The van der Waals surface area contributed by atoms with E-state index in [2.05, 4.69) is 0 Å². The Morgan fingerprint density at radius 2 is 1.77 bits per heavy atom. The maximum atomic E-state index is 12.1. The van der Waals surface area contributed by atoms with Gasteiger partial charge in [0.1, 0.15) is 5.60 Å². The lowest BCUT2D eigenvalue weighted by Crippen LogP contribution is -2.49. The van der Waals surface area contributed by atoms with Crippen molar-refractivity contribution in [1.29, 1.82) is 0 Å². The zero-order valence-corrected chi connectivity index (χ0v) is 14.3. The van der Waals surface area contributed by atoms with E-state index in [0.29, 0.717) is 37.9 Å². The standard InChI is InChI=1S/C17H32N2O3/c1-16(2,3)22-15(20)19-10-8-17(21,9-11-19)12-13-4-6-14(18)7-5-13/h13-14,21H,4-12,18H2,1-3H3. The van der Waals surface area contributed by atoms with Crippen LogP contribution in [0.2, 0.25) is 0 Å². The van der Waals surface area contributed by atoms with Crippen LogP contribution < -0.4 is 5.73 Å². The zero-order chi connectivity index (χ0) is 16.4. The van der Waals surface area contributed by atoms with Crippen LogP contribution >= 0.6 is 0 Å². The fraction of sp³-hybridized carbons (Fsp3) is 0.941. The Balaban J connectivity index is 1.79. The lowest BCUT2D eigenvalue weighted by atomic mass is 9.76. The molecule has 0 aromatic rings. The molecule has 0 bridgehead atoms. The molecule has 2 aliphatic rings. The van der Waals surface area contributed by atoms with E-state index in [9.17, 15) is 9.90 Å². The second kappa shape index (κ2) is 6.75. The molecule has 3 N–H and O–H groups in total. The number of piperidine rings is 1. The first-order valence-electron chi connectivity index (χ1n) is 8.63. The highest BCUT2D eigenvalue weighted by Gasteiger charge is 2.37. The Bertz CT molecular complexity index is 376. The SMILES string of the molecule is CC(C)(C)OC(=O)N1CCC(O)(CC2CCC(N)CC2)CC1. The van der Waals surface area contributed by atoms with Gasteiger partial charge in [0.25, 0.3) is 0 Å². The van der Waals surface area contributed by atoms with Gasteiger partial charge in [0.05, 0.1) is 5.60 Å². The van der Waals surface area contributed by atoms with Crippen molar-refractivity contribution in [2.24, 2.45) is 11.7 Å². The summed E-state index contributed by atoms with van der Waals surface area (Å²) < 4.78 is 5.40. The second-order valence-corrected chi connectivity index (χ2v) is 8.18. The van der Waals surface area contributed by atoms with Crippen LogP contribution in [0.3, 0.4) is 0 Å². The van der Waals surface area contributed by atoms with Crippen LogP contribution in [-0.4, -0.2) is 46.4 Å². The van der Waals surface area contributed by atoms with Gasteiger partial charge in [-0.05, 0) is 71.6 Å². The van der Waals surface area contributed by atoms with Crippen molar-refractivity contribution in [1.82, 2.24) is 4.90 Å². The molecule has 22 heavy (non-hydrogen) atoms. The molecule has 0 aromatic carbocycles. The van der Waals surface area contributed by atoms with Crippen molar-refractivity contribution in [2.45, 2.75) is 83.0 Å². The molecule has 0 unspecified atom stereocenters. The maximum absolute atomic E-state index is 12.1. The molecule has 2 fully saturated rings. The predicted molar refractivity (Wildman–Crippen MR) is 86.5 cm³/mol. The van der Waals surface area contributed by atoms with Gasteiger partial charge in [0, 0.05) is 19.1 Å². The summed E-state index contributed by atoms with van der Waals surface area (Å²) in [5.74, 6) is 0.581.